The fourth-order valence-electron chi connectivity index (χ4n) is 6.27. The number of likely N-dealkylation sites (tertiary alicyclic amines) is 1. The number of benzene rings is 1. The molecule has 4 aliphatic rings. The van der Waals surface area contributed by atoms with Gasteiger partial charge in [-0.05, 0) is 49.1 Å². The smallest absolute Gasteiger partial charge is 0.410 e. The van der Waals surface area contributed by atoms with Crippen molar-refractivity contribution in [3.05, 3.63) is 35.4 Å². The van der Waals surface area contributed by atoms with Crippen LogP contribution in [0.2, 0.25) is 0 Å². The highest BCUT2D eigenvalue weighted by molar-refractivity contribution is 7.91. The molecule has 0 bridgehead atoms. The van der Waals surface area contributed by atoms with E-state index in [0.29, 0.717) is 38.8 Å². The Morgan fingerprint density at radius 2 is 1.76 bits per heavy atom. The minimum absolute atomic E-state index is 0.115. The fraction of sp³-hybridized carbons (Fsp3) is 0.677. The normalized spacial score (nSPS) is 26.3. The van der Waals surface area contributed by atoms with Crippen molar-refractivity contribution in [2.75, 3.05) is 6.54 Å². The molecule has 0 unspecified atom stereocenters. The number of carbonyl (C=O) groups excluding carboxylic acids is 4. The maximum absolute atomic E-state index is 14.4. The SMILES string of the molecule is CCCCC(F)(F)CC[C@H](N)C(=O)N1C[C@H](OC(=O)N2Cc3ccccc3C2)C[C@H]1C(=O)N[C@]1(C(=O)NS(=O)(=O)C2CC2)C[C@H]1C. The monoisotopic (exact) mass is 667 g/mol. The number of nitrogens with two attached hydrogens (primary N) is 1. The maximum Gasteiger partial charge on any atom is 0.410 e. The van der Waals surface area contributed by atoms with Crippen LogP contribution in [0.1, 0.15) is 82.8 Å². The first-order valence-electron chi connectivity index (χ1n) is 16.0. The van der Waals surface area contributed by atoms with Gasteiger partial charge in [-0.3, -0.25) is 24.0 Å². The first kappa shape index (κ1) is 34.0. The van der Waals surface area contributed by atoms with Gasteiger partial charge in [-0.2, -0.15) is 0 Å². The Morgan fingerprint density at radius 1 is 1.13 bits per heavy atom. The number of fused-ring (bicyclic) bond motifs is 1. The molecule has 5 atom stereocenters. The number of halogens is 2. The Hall–Kier alpha value is -3.33. The summed E-state index contributed by atoms with van der Waals surface area (Å²) in [7, 11) is -3.87. The lowest BCUT2D eigenvalue weighted by Gasteiger charge is -2.28. The quantitative estimate of drug-likeness (QED) is 0.289. The summed E-state index contributed by atoms with van der Waals surface area (Å²) in [6.45, 7) is 3.97. The van der Waals surface area contributed by atoms with Crippen LogP contribution in [0.4, 0.5) is 13.6 Å². The van der Waals surface area contributed by atoms with Gasteiger partial charge in [0.05, 0.1) is 17.8 Å². The second-order valence-electron chi connectivity index (χ2n) is 13.2. The Bertz CT molecular complexity index is 1450. The number of alkyl halides is 2. The average molecular weight is 668 g/mol. The highest BCUT2D eigenvalue weighted by atomic mass is 32.2. The summed E-state index contributed by atoms with van der Waals surface area (Å²) in [6, 6.07) is 4.99. The molecule has 5 rings (SSSR count). The van der Waals surface area contributed by atoms with Crippen LogP contribution in [0.3, 0.4) is 0 Å². The van der Waals surface area contributed by atoms with Crippen molar-refractivity contribution in [3.8, 4) is 0 Å². The van der Waals surface area contributed by atoms with Crippen LogP contribution in [-0.4, -0.2) is 83.5 Å². The van der Waals surface area contributed by atoms with Gasteiger partial charge in [-0.1, -0.05) is 44.5 Å². The molecule has 4 N–H and O–H groups in total. The van der Waals surface area contributed by atoms with Crippen LogP contribution in [0.25, 0.3) is 0 Å². The van der Waals surface area contributed by atoms with Crippen molar-refractivity contribution in [2.24, 2.45) is 11.7 Å². The fourth-order valence-corrected chi connectivity index (χ4v) is 7.64. The molecular formula is C31H43F2N5O7S. The number of rotatable bonds is 13. The van der Waals surface area contributed by atoms with E-state index in [9.17, 15) is 36.4 Å². The van der Waals surface area contributed by atoms with E-state index in [2.05, 4.69) is 10.0 Å². The van der Waals surface area contributed by atoms with Crippen LogP contribution in [0, 0.1) is 5.92 Å². The van der Waals surface area contributed by atoms with Crippen molar-refractivity contribution in [2.45, 2.75) is 120 Å². The Kier molecular flexibility index (Phi) is 9.65. The summed E-state index contributed by atoms with van der Waals surface area (Å²) in [4.78, 5) is 56.1. The van der Waals surface area contributed by atoms with Gasteiger partial charge >= 0.3 is 6.09 Å². The number of hydrogen-bond acceptors (Lipinski definition) is 8. The number of ether oxygens (including phenoxy) is 1. The molecule has 2 aliphatic heterocycles. The standard InChI is InChI=1S/C31H43F2N5O7S/c1-3-4-12-30(32,33)13-11-24(34)27(40)38-18-22(45-29(42)37-16-20-7-5-6-8-21(20)17-37)14-25(38)26(39)35-31(15-19(31)2)28(41)36-46(43,44)23-9-10-23/h5-8,19,22-25H,3-4,9-18,34H2,1-2H3,(H,35,39)(H,36,41)/t19-,22-,24+,25+,31-/m1/s1. The van der Waals surface area contributed by atoms with E-state index in [0.717, 1.165) is 16.0 Å². The van der Waals surface area contributed by atoms with Crippen molar-refractivity contribution >= 4 is 33.8 Å². The van der Waals surface area contributed by atoms with Gasteiger partial charge in [0.25, 0.3) is 5.91 Å². The Morgan fingerprint density at radius 3 is 2.33 bits per heavy atom. The second-order valence-corrected chi connectivity index (χ2v) is 15.2. The lowest BCUT2D eigenvalue weighted by molar-refractivity contribution is -0.141. The number of carbonyl (C=O) groups is 4. The van der Waals surface area contributed by atoms with Gasteiger partial charge in [0.1, 0.15) is 17.7 Å². The topological polar surface area (TPSA) is 168 Å². The minimum Gasteiger partial charge on any atom is -0.444 e. The molecule has 12 nitrogen and oxygen atoms in total. The Balaban J connectivity index is 1.28. The molecule has 0 spiro atoms. The van der Waals surface area contributed by atoms with Crippen LogP contribution >= 0.6 is 0 Å². The molecule has 1 aromatic carbocycles. The molecule has 254 valence electrons. The lowest BCUT2D eigenvalue weighted by atomic mass is 10.0. The van der Waals surface area contributed by atoms with Gasteiger partial charge in [0.2, 0.25) is 27.8 Å². The first-order chi connectivity index (χ1) is 21.7. The zero-order valence-electron chi connectivity index (χ0n) is 26.2. The van der Waals surface area contributed by atoms with E-state index in [4.69, 9.17) is 10.5 Å². The molecule has 2 aliphatic carbocycles. The summed E-state index contributed by atoms with van der Waals surface area (Å²) in [6.07, 6.45) is -0.894. The summed E-state index contributed by atoms with van der Waals surface area (Å²) < 4.78 is 61.4. The lowest BCUT2D eigenvalue weighted by Crippen LogP contribution is -2.57. The van der Waals surface area contributed by atoms with E-state index in [1.807, 2.05) is 24.3 Å². The number of unbranched alkanes of at least 4 members (excludes halogenated alkanes) is 1. The predicted octanol–water partition coefficient (Wildman–Crippen LogP) is 2.54. The molecule has 2 heterocycles. The zero-order valence-corrected chi connectivity index (χ0v) is 27.0. The summed E-state index contributed by atoms with van der Waals surface area (Å²) >= 11 is 0. The number of sulfonamides is 1. The van der Waals surface area contributed by atoms with Crippen LogP contribution < -0.4 is 15.8 Å². The molecule has 1 saturated heterocycles. The third-order valence-electron chi connectivity index (χ3n) is 9.51. The van der Waals surface area contributed by atoms with E-state index >= 15 is 0 Å². The Labute approximate surface area is 267 Å². The molecule has 3 fully saturated rings. The second kappa shape index (κ2) is 13.1. The van der Waals surface area contributed by atoms with E-state index in [1.54, 1.807) is 13.8 Å². The summed E-state index contributed by atoms with van der Waals surface area (Å²) in [5, 5.41) is 2.02. The largest absolute Gasteiger partial charge is 0.444 e. The molecule has 0 radical (unpaired) electrons. The van der Waals surface area contributed by atoms with Crippen molar-refractivity contribution in [1.82, 2.24) is 19.8 Å². The molecule has 2 saturated carbocycles. The third kappa shape index (κ3) is 7.45. The molecular weight excluding hydrogens is 624 g/mol. The van der Waals surface area contributed by atoms with Gasteiger partial charge in [0.15, 0.2) is 0 Å². The third-order valence-corrected chi connectivity index (χ3v) is 11.3. The van der Waals surface area contributed by atoms with Gasteiger partial charge in [-0.25, -0.2) is 22.0 Å². The number of nitrogens with zero attached hydrogens (tertiary/aromatic N) is 2. The van der Waals surface area contributed by atoms with Crippen molar-refractivity contribution < 1.29 is 41.1 Å². The zero-order chi connectivity index (χ0) is 33.4. The summed E-state index contributed by atoms with van der Waals surface area (Å²) in [5.41, 5.74) is 6.57. The highest BCUT2D eigenvalue weighted by Crippen LogP contribution is 2.44. The molecule has 4 amide bonds. The molecule has 1 aromatic rings. The molecule has 46 heavy (non-hydrogen) atoms. The van der Waals surface area contributed by atoms with Gasteiger partial charge in [0, 0.05) is 32.4 Å². The summed E-state index contributed by atoms with van der Waals surface area (Å²) in [5.74, 6) is -5.72. The van der Waals surface area contributed by atoms with E-state index in [1.165, 1.54) is 4.90 Å². The average Bonchev–Trinajstić information content (AvgIpc) is 3.87. The van der Waals surface area contributed by atoms with Crippen LogP contribution in [0.15, 0.2) is 24.3 Å². The first-order valence-corrected chi connectivity index (χ1v) is 17.5. The highest BCUT2D eigenvalue weighted by Gasteiger charge is 2.61. The molecule has 15 heteroatoms. The number of amides is 4. The van der Waals surface area contributed by atoms with Crippen molar-refractivity contribution in [1.29, 1.82) is 0 Å². The van der Waals surface area contributed by atoms with E-state index in [-0.39, 0.29) is 38.1 Å². The molecule has 0 aromatic heterocycles. The predicted molar refractivity (Wildman–Crippen MR) is 162 cm³/mol. The van der Waals surface area contributed by atoms with Gasteiger partial charge < -0.3 is 20.7 Å². The maximum atomic E-state index is 14.4. The van der Waals surface area contributed by atoms with Crippen LogP contribution in [0.5, 0.6) is 0 Å². The van der Waals surface area contributed by atoms with Crippen LogP contribution in [-0.2, 0) is 42.2 Å². The minimum atomic E-state index is -3.87. The van der Waals surface area contributed by atoms with Crippen molar-refractivity contribution in [3.63, 3.8) is 0 Å². The van der Waals surface area contributed by atoms with Gasteiger partial charge in [-0.15, -0.1) is 0 Å². The number of hydrogen-bond donors (Lipinski definition) is 3. The number of nitrogens with one attached hydrogen (secondary N) is 2. The van der Waals surface area contributed by atoms with E-state index < -0.39 is 75.2 Å².